The highest BCUT2D eigenvalue weighted by atomic mass is 16.5. The lowest BCUT2D eigenvalue weighted by Gasteiger charge is -2.61. The topological polar surface area (TPSA) is 64.3 Å². The quantitative estimate of drug-likeness (QED) is 0.480. The Labute approximate surface area is 197 Å². The Balaban J connectivity index is 1.41. The van der Waals surface area contributed by atoms with E-state index >= 15 is 0 Å². The molecule has 9 atom stereocenters. The first-order valence-corrected chi connectivity index (χ1v) is 13.9. The Kier molecular flexibility index (Phi) is 7.61. The average Bonchev–Trinajstić information content (AvgIpc) is 3.13. The molecule has 0 amide bonds. The molecule has 4 rings (SSSR count). The van der Waals surface area contributed by atoms with Gasteiger partial charge in [-0.2, -0.15) is 0 Å². The van der Waals surface area contributed by atoms with Gasteiger partial charge in [0, 0.05) is 25.6 Å². The number of hydrogen-bond acceptors (Lipinski definition) is 4. The lowest BCUT2D eigenvalue weighted by Crippen LogP contribution is -2.55. The van der Waals surface area contributed by atoms with Gasteiger partial charge in [-0.1, -0.05) is 20.8 Å². The molecule has 0 aromatic heterocycles. The monoisotopic (exact) mass is 446 g/mol. The molecular weight excluding hydrogens is 396 g/mol. The number of esters is 1. The molecule has 0 spiro atoms. The predicted octanol–water partition coefficient (Wildman–Crippen LogP) is 5.54. The maximum absolute atomic E-state index is 11.9. The smallest absolute Gasteiger partial charge is 0.305 e. The largest absolute Gasteiger partial charge is 0.466 e. The lowest BCUT2D eigenvalue weighted by atomic mass is 9.44. The highest BCUT2D eigenvalue weighted by Gasteiger charge is 2.60. The van der Waals surface area contributed by atoms with Gasteiger partial charge < -0.3 is 15.8 Å². The minimum absolute atomic E-state index is 0.00874. The van der Waals surface area contributed by atoms with E-state index in [1.807, 2.05) is 6.92 Å². The molecule has 0 bridgehead atoms. The van der Waals surface area contributed by atoms with Crippen molar-refractivity contribution in [2.75, 3.05) is 19.7 Å². The number of hydrogen-bond donors (Lipinski definition) is 2. The maximum Gasteiger partial charge on any atom is 0.305 e. The minimum Gasteiger partial charge on any atom is -0.466 e. The van der Waals surface area contributed by atoms with Gasteiger partial charge in [-0.05, 0) is 117 Å². The van der Waals surface area contributed by atoms with Crippen LogP contribution in [0.4, 0.5) is 0 Å². The molecule has 184 valence electrons. The first-order chi connectivity index (χ1) is 15.3. The third-order valence-electron chi connectivity index (χ3n) is 11.1. The second-order valence-electron chi connectivity index (χ2n) is 12.4. The van der Waals surface area contributed by atoms with Gasteiger partial charge in [-0.3, -0.25) is 4.79 Å². The highest BCUT2D eigenvalue weighted by molar-refractivity contribution is 5.69. The Morgan fingerprint density at radius 1 is 1.06 bits per heavy atom. The Hall–Kier alpha value is -0.610. The van der Waals surface area contributed by atoms with Gasteiger partial charge in [0.05, 0.1) is 6.61 Å². The van der Waals surface area contributed by atoms with Crippen LogP contribution < -0.4 is 11.1 Å². The van der Waals surface area contributed by atoms with Crippen molar-refractivity contribution in [2.24, 2.45) is 52.1 Å². The predicted molar refractivity (Wildman–Crippen MR) is 131 cm³/mol. The molecule has 0 aliphatic heterocycles. The lowest BCUT2D eigenvalue weighted by molar-refractivity contribution is -0.143. The molecule has 3 N–H and O–H groups in total. The number of nitrogens with one attached hydrogen (secondary N) is 1. The van der Waals surface area contributed by atoms with Crippen LogP contribution >= 0.6 is 0 Å². The zero-order chi connectivity index (χ0) is 22.9. The molecule has 4 nitrogen and oxygen atoms in total. The first-order valence-electron chi connectivity index (χ1n) is 13.9. The van der Waals surface area contributed by atoms with Crippen molar-refractivity contribution >= 4 is 5.97 Å². The summed E-state index contributed by atoms with van der Waals surface area (Å²) in [5, 5.41) is 3.72. The van der Waals surface area contributed by atoms with Crippen LogP contribution in [0.15, 0.2) is 0 Å². The number of nitrogens with two attached hydrogens (primary N) is 1. The van der Waals surface area contributed by atoms with E-state index in [9.17, 15) is 4.79 Å². The summed E-state index contributed by atoms with van der Waals surface area (Å²) in [6.07, 6.45) is 14.2. The van der Waals surface area contributed by atoms with Crippen LogP contribution in [0.2, 0.25) is 0 Å². The minimum atomic E-state index is -0.00874. The molecule has 4 heteroatoms. The maximum atomic E-state index is 11.9. The van der Waals surface area contributed by atoms with Gasteiger partial charge in [-0.25, -0.2) is 0 Å². The Morgan fingerprint density at radius 3 is 2.56 bits per heavy atom. The number of rotatable bonds is 8. The summed E-state index contributed by atoms with van der Waals surface area (Å²) >= 11 is 0. The molecule has 0 aromatic carbocycles. The van der Waals surface area contributed by atoms with Crippen LogP contribution in [0.1, 0.15) is 98.3 Å². The molecule has 0 heterocycles. The van der Waals surface area contributed by atoms with Crippen LogP contribution in [-0.2, 0) is 9.53 Å². The number of fused-ring (bicyclic) bond motifs is 5. The fraction of sp³-hybridized carbons (Fsp3) is 0.964. The second kappa shape index (κ2) is 9.94. The number of carbonyl (C=O) groups excluding carboxylic acids is 1. The summed E-state index contributed by atoms with van der Waals surface area (Å²) in [5.41, 5.74) is 6.79. The molecule has 0 aromatic rings. The van der Waals surface area contributed by atoms with Crippen molar-refractivity contribution in [1.82, 2.24) is 5.32 Å². The zero-order valence-electron chi connectivity index (χ0n) is 21.3. The Bertz CT molecular complexity index is 653. The SMILES string of the molecule is CCOC(=O)CC[C@@H](C)[C@H]1CCC2C3CC[C@@H]4CC(NCCN)CC[C@]4(C)C3CC[C@@]21C. The van der Waals surface area contributed by atoms with Gasteiger partial charge in [0.15, 0.2) is 0 Å². The summed E-state index contributed by atoms with van der Waals surface area (Å²) in [7, 11) is 0. The van der Waals surface area contributed by atoms with Crippen LogP contribution in [0.3, 0.4) is 0 Å². The van der Waals surface area contributed by atoms with Crippen molar-refractivity contribution in [1.29, 1.82) is 0 Å². The molecule has 4 fully saturated rings. The second-order valence-corrected chi connectivity index (χ2v) is 12.4. The molecule has 4 aliphatic rings. The van der Waals surface area contributed by atoms with Crippen molar-refractivity contribution in [3.05, 3.63) is 0 Å². The van der Waals surface area contributed by atoms with Crippen LogP contribution in [0, 0.1) is 46.3 Å². The zero-order valence-corrected chi connectivity index (χ0v) is 21.3. The molecule has 0 radical (unpaired) electrons. The fourth-order valence-electron chi connectivity index (χ4n) is 9.49. The highest BCUT2D eigenvalue weighted by Crippen LogP contribution is 2.68. The molecular formula is C28H50N2O2. The summed E-state index contributed by atoms with van der Waals surface area (Å²) in [6, 6.07) is 0.693. The van der Waals surface area contributed by atoms with Crippen molar-refractivity contribution in [3.8, 4) is 0 Å². The third-order valence-corrected chi connectivity index (χ3v) is 11.1. The summed E-state index contributed by atoms with van der Waals surface area (Å²) in [4.78, 5) is 11.9. The van der Waals surface area contributed by atoms with Crippen LogP contribution in [-0.4, -0.2) is 31.7 Å². The van der Waals surface area contributed by atoms with Gasteiger partial charge >= 0.3 is 5.97 Å². The Morgan fingerprint density at radius 2 is 1.81 bits per heavy atom. The molecule has 32 heavy (non-hydrogen) atoms. The standard InChI is InChI=1S/C28H50N2O2/c1-5-32-26(31)11-6-19(2)23-9-10-24-22-8-7-20-18-21(30-17-16-29)12-14-27(20,3)25(22)13-15-28(23,24)4/h19-25,30H,5-18,29H2,1-4H3/t19-,20-,21?,22?,23-,24?,25?,27+,28-/m1/s1. The van der Waals surface area contributed by atoms with E-state index in [4.69, 9.17) is 10.5 Å². The van der Waals surface area contributed by atoms with Crippen LogP contribution in [0.25, 0.3) is 0 Å². The van der Waals surface area contributed by atoms with E-state index < -0.39 is 0 Å². The fourth-order valence-corrected chi connectivity index (χ4v) is 9.49. The summed E-state index contributed by atoms with van der Waals surface area (Å²) in [6.45, 7) is 11.8. The van der Waals surface area contributed by atoms with Crippen molar-refractivity contribution in [2.45, 2.75) is 104 Å². The summed E-state index contributed by atoms with van der Waals surface area (Å²) in [5.74, 6) is 5.08. The number of carbonyl (C=O) groups is 1. The van der Waals surface area contributed by atoms with E-state index in [2.05, 4.69) is 26.1 Å². The first kappa shape index (κ1) is 24.5. The van der Waals surface area contributed by atoms with Gasteiger partial charge in [-0.15, -0.1) is 0 Å². The average molecular weight is 447 g/mol. The molecule has 4 saturated carbocycles. The third kappa shape index (κ3) is 4.40. The van der Waals surface area contributed by atoms with E-state index in [-0.39, 0.29) is 5.97 Å². The van der Waals surface area contributed by atoms with Gasteiger partial charge in [0.1, 0.15) is 0 Å². The molecule has 0 saturated heterocycles. The van der Waals surface area contributed by atoms with Crippen molar-refractivity contribution in [3.63, 3.8) is 0 Å². The summed E-state index contributed by atoms with van der Waals surface area (Å²) < 4.78 is 5.20. The van der Waals surface area contributed by atoms with Gasteiger partial charge in [0.2, 0.25) is 0 Å². The van der Waals surface area contributed by atoms with E-state index in [1.54, 1.807) is 0 Å². The van der Waals surface area contributed by atoms with Gasteiger partial charge in [0.25, 0.3) is 0 Å². The van der Waals surface area contributed by atoms with E-state index in [0.29, 0.717) is 35.8 Å². The normalized spacial score (nSPS) is 44.3. The van der Waals surface area contributed by atoms with E-state index in [0.717, 1.165) is 49.1 Å². The van der Waals surface area contributed by atoms with Crippen molar-refractivity contribution < 1.29 is 9.53 Å². The molecule has 4 unspecified atom stereocenters. The molecule has 4 aliphatic carbocycles. The van der Waals surface area contributed by atoms with Crippen LogP contribution in [0.5, 0.6) is 0 Å². The van der Waals surface area contributed by atoms with E-state index in [1.165, 1.54) is 57.8 Å². The number of ether oxygens (including phenoxy) is 1.